The minimum atomic E-state index is -3.61. The number of hydrogen-bond donors (Lipinski definition) is 0. The number of hydrogen-bond acceptors (Lipinski definition) is 4. The molecule has 154 valence electrons. The summed E-state index contributed by atoms with van der Waals surface area (Å²) in [5.41, 5.74) is 5.30. The molecule has 31 heavy (non-hydrogen) atoms. The van der Waals surface area contributed by atoms with Gasteiger partial charge in [-0.05, 0) is 47.0 Å². The SMILES string of the molecule is Cn1c(Cc2ccc(C#N)cc2)nc2cc(S(=O)(=O)N3Cc4ccccc4C3)ccc21. The second-order valence-corrected chi connectivity index (χ2v) is 9.70. The van der Waals surface area contributed by atoms with Crippen LogP contribution in [0.4, 0.5) is 0 Å². The minimum Gasteiger partial charge on any atom is -0.331 e. The van der Waals surface area contributed by atoms with Crippen molar-refractivity contribution in [1.29, 1.82) is 5.26 Å². The lowest BCUT2D eigenvalue weighted by molar-refractivity contribution is 0.431. The molecule has 7 heteroatoms. The van der Waals surface area contributed by atoms with Gasteiger partial charge in [-0.25, -0.2) is 13.4 Å². The highest BCUT2D eigenvalue weighted by Gasteiger charge is 2.30. The summed E-state index contributed by atoms with van der Waals surface area (Å²) >= 11 is 0. The molecule has 0 bridgehead atoms. The summed E-state index contributed by atoms with van der Waals surface area (Å²) in [6.45, 7) is 0.783. The number of rotatable bonds is 4. The van der Waals surface area contributed by atoms with E-state index in [1.807, 2.05) is 54.1 Å². The average Bonchev–Trinajstić information content (AvgIpc) is 3.36. The zero-order valence-electron chi connectivity index (χ0n) is 17.0. The smallest absolute Gasteiger partial charge is 0.243 e. The lowest BCUT2D eigenvalue weighted by atomic mass is 10.1. The van der Waals surface area contributed by atoms with E-state index in [0.717, 1.165) is 28.0 Å². The van der Waals surface area contributed by atoms with Crippen LogP contribution in [0.25, 0.3) is 11.0 Å². The Morgan fingerprint density at radius 2 is 1.68 bits per heavy atom. The fourth-order valence-corrected chi connectivity index (χ4v) is 5.47. The molecule has 0 saturated heterocycles. The van der Waals surface area contributed by atoms with Crippen LogP contribution in [0, 0.1) is 11.3 Å². The van der Waals surface area contributed by atoms with Gasteiger partial charge >= 0.3 is 0 Å². The summed E-state index contributed by atoms with van der Waals surface area (Å²) in [6.07, 6.45) is 0.598. The highest BCUT2D eigenvalue weighted by Crippen LogP contribution is 2.30. The predicted octanol–water partition coefficient (Wildman–Crippen LogP) is 3.74. The van der Waals surface area contributed by atoms with Crippen molar-refractivity contribution in [3.63, 3.8) is 0 Å². The quantitative estimate of drug-likeness (QED) is 0.496. The van der Waals surface area contributed by atoms with Gasteiger partial charge in [-0.2, -0.15) is 9.57 Å². The third kappa shape index (κ3) is 3.40. The number of nitrogens with zero attached hydrogens (tertiary/aromatic N) is 4. The van der Waals surface area contributed by atoms with Crippen molar-refractivity contribution in [3.05, 3.63) is 94.8 Å². The number of imidazole rings is 1. The van der Waals surface area contributed by atoms with Gasteiger partial charge in [0.2, 0.25) is 10.0 Å². The standard InChI is InChI=1S/C24H20N4O2S/c1-27-23-11-10-21(31(29,30)28-15-19-4-2-3-5-20(19)16-28)13-22(23)26-24(27)12-17-6-8-18(14-25)9-7-17/h2-11,13H,12,15-16H2,1H3. The maximum Gasteiger partial charge on any atom is 0.243 e. The Balaban J connectivity index is 1.45. The van der Waals surface area contributed by atoms with E-state index in [9.17, 15) is 8.42 Å². The molecule has 3 aromatic carbocycles. The van der Waals surface area contributed by atoms with Gasteiger partial charge in [-0.3, -0.25) is 0 Å². The van der Waals surface area contributed by atoms with E-state index in [2.05, 4.69) is 6.07 Å². The van der Waals surface area contributed by atoms with Crippen LogP contribution in [0.15, 0.2) is 71.6 Å². The summed E-state index contributed by atoms with van der Waals surface area (Å²) < 4.78 is 30.0. The van der Waals surface area contributed by atoms with E-state index in [-0.39, 0.29) is 4.90 Å². The molecule has 6 nitrogen and oxygen atoms in total. The van der Waals surface area contributed by atoms with Gasteiger partial charge in [0.1, 0.15) is 5.82 Å². The lowest BCUT2D eigenvalue weighted by Gasteiger charge is -2.15. The largest absolute Gasteiger partial charge is 0.331 e. The van der Waals surface area contributed by atoms with E-state index in [4.69, 9.17) is 10.2 Å². The zero-order chi connectivity index (χ0) is 21.6. The number of fused-ring (bicyclic) bond motifs is 2. The van der Waals surface area contributed by atoms with E-state index in [1.54, 1.807) is 24.3 Å². The van der Waals surface area contributed by atoms with Crippen LogP contribution >= 0.6 is 0 Å². The maximum atomic E-state index is 13.3. The Morgan fingerprint density at radius 1 is 1.00 bits per heavy atom. The van der Waals surface area contributed by atoms with Gasteiger partial charge in [-0.1, -0.05) is 36.4 Å². The maximum absolute atomic E-state index is 13.3. The van der Waals surface area contributed by atoms with E-state index in [0.29, 0.717) is 30.6 Å². The fraction of sp³-hybridized carbons (Fsp3) is 0.167. The zero-order valence-corrected chi connectivity index (χ0v) is 17.8. The number of nitriles is 1. The van der Waals surface area contributed by atoms with E-state index < -0.39 is 10.0 Å². The first-order valence-electron chi connectivity index (χ1n) is 9.97. The molecule has 0 radical (unpaired) electrons. The molecule has 1 aromatic heterocycles. The van der Waals surface area contributed by atoms with Crippen LogP contribution in [0.5, 0.6) is 0 Å². The second kappa shape index (κ2) is 7.34. The van der Waals surface area contributed by atoms with Crippen molar-refractivity contribution in [2.45, 2.75) is 24.4 Å². The molecule has 0 N–H and O–H groups in total. The summed E-state index contributed by atoms with van der Waals surface area (Å²) in [4.78, 5) is 4.97. The van der Waals surface area contributed by atoms with Crippen molar-refractivity contribution < 1.29 is 8.42 Å². The highest BCUT2D eigenvalue weighted by atomic mass is 32.2. The molecule has 0 unspecified atom stereocenters. The summed E-state index contributed by atoms with van der Waals surface area (Å²) in [5, 5.41) is 8.96. The Morgan fingerprint density at radius 3 is 2.32 bits per heavy atom. The molecular formula is C24H20N4O2S. The van der Waals surface area contributed by atoms with Gasteiger partial charge in [0.25, 0.3) is 0 Å². The third-order valence-corrected chi connectivity index (χ3v) is 7.63. The molecule has 0 spiro atoms. The van der Waals surface area contributed by atoms with Crippen LogP contribution in [-0.4, -0.2) is 22.3 Å². The molecule has 5 rings (SSSR count). The van der Waals surface area contributed by atoms with Crippen molar-refractivity contribution in [2.24, 2.45) is 7.05 Å². The Labute approximate surface area is 181 Å². The number of benzene rings is 3. The minimum absolute atomic E-state index is 0.260. The average molecular weight is 429 g/mol. The monoisotopic (exact) mass is 428 g/mol. The predicted molar refractivity (Wildman–Crippen MR) is 118 cm³/mol. The molecular weight excluding hydrogens is 408 g/mol. The van der Waals surface area contributed by atoms with Crippen LogP contribution in [0.3, 0.4) is 0 Å². The first kappa shape index (κ1) is 19.5. The van der Waals surface area contributed by atoms with Crippen LogP contribution in [0.1, 0.15) is 28.1 Å². The second-order valence-electron chi connectivity index (χ2n) is 7.76. The molecule has 0 fully saturated rings. The molecule has 1 aliphatic rings. The van der Waals surface area contributed by atoms with Gasteiger partial charge in [-0.15, -0.1) is 0 Å². The lowest BCUT2D eigenvalue weighted by Crippen LogP contribution is -2.25. The highest BCUT2D eigenvalue weighted by molar-refractivity contribution is 7.89. The summed E-state index contributed by atoms with van der Waals surface area (Å²) in [7, 11) is -1.68. The van der Waals surface area contributed by atoms with E-state index in [1.165, 1.54) is 4.31 Å². The van der Waals surface area contributed by atoms with Crippen LogP contribution in [0.2, 0.25) is 0 Å². The van der Waals surface area contributed by atoms with Crippen LogP contribution < -0.4 is 0 Å². The van der Waals surface area contributed by atoms with Crippen molar-refractivity contribution in [3.8, 4) is 6.07 Å². The van der Waals surface area contributed by atoms with Gasteiger partial charge in [0, 0.05) is 26.6 Å². The van der Waals surface area contributed by atoms with Crippen LogP contribution in [-0.2, 0) is 36.6 Å². The number of sulfonamides is 1. The normalized spacial score (nSPS) is 13.9. The Kier molecular flexibility index (Phi) is 4.62. The van der Waals surface area contributed by atoms with Gasteiger partial charge < -0.3 is 4.57 Å². The third-order valence-electron chi connectivity index (χ3n) is 5.84. The van der Waals surface area contributed by atoms with Gasteiger partial charge in [0.15, 0.2) is 0 Å². The molecule has 1 aliphatic heterocycles. The Hall–Kier alpha value is -3.47. The van der Waals surface area contributed by atoms with E-state index >= 15 is 0 Å². The Bertz CT molecular complexity index is 1420. The number of aryl methyl sites for hydroxylation is 1. The molecule has 0 saturated carbocycles. The van der Waals surface area contributed by atoms with Crippen molar-refractivity contribution in [1.82, 2.24) is 13.9 Å². The first-order chi connectivity index (χ1) is 15.0. The number of aromatic nitrogens is 2. The molecule has 4 aromatic rings. The van der Waals surface area contributed by atoms with Crippen molar-refractivity contribution in [2.75, 3.05) is 0 Å². The van der Waals surface area contributed by atoms with Gasteiger partial charge in [0.05, 0.1) is 27.6 Å². The first-order valence-corrected chi connectivity index (χ1v) is 11.4. The fourth-order valence-electron chi connectivity index (χ4n) is 4.05. The molecule has 0 amide bonds. The summed E-state index contributed by atoms with van der Waals surface area (Å²) in [6, 6.07) is 22.5. The molecule has 2 heterocycles. The topological polar surface area (TPSA) is 79.0 Å². The van der Waals surface area contributed by atoms with Crippen molar-refractivity contribution >= 4 is 21.1 Å². The molecule has 0 aliphatic carbocycles. The summed E-state index contributed by atoms with van der Waals surface area (Å²) in [5.74, 6) is 0.836. The molecule has 0 atom stereocenters.